The zero-order valence-corrected chi connectivity index (χ0v) is 16.9. The number of alkyl halides is 3. The number of hydrogen-bond donors (Lipinski definition) is 1. The van der Waals surface area contributed by atoms with Crippen molar-refractivity contribution in [1.82, 2.24) is 0 Å². The van der Waals surface area contributed by atoms with E-state index in [0.29, 0.717) is 48.2 Å². The molecule has 2 aromatic carbocycles. The van der Waals surface area contributed by atoms with Crippen LogP contribution in [0.25, 0.3) is 11.0 Å². The van der Waals surface area contributed by atoms with Crippen molar-refractivity contribution in [1.29, 1.82) is 0 Å². The molecule has 4 rings (SSSR count). The summed E-state index contributed by atoms with van der Waals surface area (Å²) >= 11 is 0. The molecule has 32 heavy (non-hydrogen) atoms. The van der Waals surface area contributed by atoms with Gasteiger partial charge < -0.3 is 19.6 Å². The number of rotatable bonds is 4. The predicted octanol–water partition coefficient (Wildman–Crippen LogP) is 5.77. The summed E-state index contributed by atoms with van der Waals surface area (Å²) in [6.45, 7) is 0. The Morgan fingerprint density at radius 3 is 2.75 bits per heavy atom. The number of amides is 1. The average molecular weight is 443 g/mol. The van der Waals surface area contributed by atoms with Gasteiger partial charge in [0.2, 0.25) is 0 Å². The van der Waals surface area contributed by atoms with Gasteiger partial charge >= 0.3 is 12.3 Å². The van der Waals surface area contributed by atoms with Crippen LogP contribution in [0, 0.1) is 11.8 Å². The van der Waals surface area contributed by atoms with Crippen LogP contribution in [0.1, 0.15) is 42.3 Å². The third kappa shape index (κ3) is 5.06. The predicted molar refractivity (Wildman–Crippen MR) is 111 cm³/mol. The summed E-state index contributed by atoms with van der Waals surface area (Å²) in [5, 5.41) is 0.393. The van der Waals surface area contributed by atoms with Crippen molar-refractivity contribution in [2.75, 3.05) is 0 Å². The largest absolute Gasteiger partial charge is 0.458 e. The minimum atomic E-state index is -4.40. The Kier molecular flexibility index (Phi) is 6.10. The molecule has 1 fully saturated rings. The highest BCUT2D eigenvalue weighted by Gasteiger charge is 2.32. The molecular weight excluding hydrogens is 423 g/mol. The first-order chi connectivity index (χ1) is 15.3. The number of ether oxygens (including phenoxy) is 2. The number of halogens is 3. The number of hydrogen-bond acceptors (Lipinski definition) is 4. The van der Waals surface area contributed by atoms with E-state index in [4.69, 9.17) is 19.6 Å². The number of fused-ring (bicyclic) bond motifs is 1. The molecule has 1 aromatic heterocycles. The van der Waals surface area contributed by atoms with Gasteiger partial charge in [0, 0.05) is 11.8 Å². The van der Waals surface area contributed by atoms with E-state index in [1.165, 1.54) is 6.07 Å². The molecule has 0 radical (unpaired) electrons. The van der Waals surface area contributed by atoms with Crippen LogP contribution in [0.4, 0.5) is 18.0 Å². The molecule has 1 aliphatic heterocycles. The third-order valence-corrected chi connectivity index (χ3v) is 5.17. The van der Waals surface area contributed by atoms with Crippen LogP contribution in [0.15, 0.2) is 52.9 Å². The molecular formula is C24H20F3NO4. The van der Waals surface area contributed by atoms with Crippen LogP contribution in [-0.2, 0) is 17.3 Å². The topological polar surface area (TPSA) is 74.7 Å². The maximum atomic E-state index is 12.9. The van der Waals surface area contributed by atoms with Crippen molar-refractivity contribution in [2.24, 2.45) is 5.73 Å². The van der Waals surface area contributed by atoms with Gasteiger partial charge in [-0.3, -0.25) is 0 Å². The lowest BCUT2D eigenvalue weighted by molar-refractivity contribution is -0.137. The first kappa shape index (κ1) is 21.8. The smallest absolute Gasteiger partial charge is 0.416 e. The number of nitrogens with two attached hydrogens (primary N) is 1. The lowest BCUT2D eigenvalue weighted by Crippen LogP contribution is -2.17. The van der Waals surface area contributed by atoms with Gasteiger partial charge in [-0.25, -0.2) is 4.79 Å². The summed E-state index contributed by atoms with van der Waals surface area (Å²) in [6, 6.07) is 12.1. The van der Waals surface area contributed by atoms with Crippen LogP contribution >= 0.6 is 0 Å². The molecule has 1 aliphatic rings. The maximum absolute atomic E-state index is 12.9. The number of benzene rings is 2. The van der Waals surface area contributed by atoms with E-state index in [9.17, 15) is 18.0 Å². The van der Waals surface area contributed by atoms with Crippen LogP contribution in [-0.4, -0.2) is 12.2 Å². The van der Waals surface area contributed by atoms with Crippen LogP contribution in [0.5, 0.6) is 5.75 Å². The SMILES string of the molecule is NC(=O)Oc1ccccc1CCC#C[C@@H]1CC[C@H](c2cc3cc(C(F)(F)F)ccc3o2)O1. The fourth-order valence-electron chi connectivity index (χ4n) is 3.65. The second-order valence-corrected chi connectivity index (χ2v) is 7.44. The fraction of sp³-hybridized carbons (Fsp3) is 0.292. The molecule has 2 N–H and O–H groups in total. The zero-order valence-electron chi connectivity index (χ0n) is 16.9. The molecule has 1 amide bonds. The first-order valence-electron chi connectivity index (χ1n) is 10.1. The third-order valence-electron chi connectivity index (χ3n) is 5.17. The Morgan fingerprint density at radius 2 is 1.97 bits per heavy atom. The van der Waals surface area contributed by atoms with E-state index in [-0.39, 0.29) is 12.2 Å². The summed E-state index contributed by atoms with van der Waals surface area (Å²) in [4.78, 5) is 11.0. The van der Waals surface area contributed by atoms with Gasteiger partial charge in [0.1, 0.15) is 29.3 Å². The highest BCUT2D eigenvalue weighted by molar-refractivity contribution is 5.79. The quantitative estimate of drug-likeness (QED) is 0.520. The first-order valence-corrected chi connectivity index (χ1v) is 10.1. The van der Waals surface area contributed by atoms with E-state index in [0.717, 1.165) is 17.7 Å². The molecule has 8 heteroatoms. The molecule has 1 saturated heterocycles. The van der Waals surface area contributed by atoms with Gasteiger partial charge in [-0.15, -0.1) is 5.92 Å². The van der Waals surface area contributed by atoms with Crippen molar-refractivity contribution in [3.8, 4) is 17.6 Å². The number of carbonyl (C=O) groups excluding carboxylic acids is 1. The Morgan fingerprint density at radius 1 is 1.16 bits per heavy atom. The molecule has 2 heterocycles. The number of furan rings is 1. The van der Waals surface area contributed by atoms with Gasteiger partial charge in [0.15, 0.2) is 0 Å². The summed E-state index contributed by atoms with van der Waals surface area (Å²) in [6.07, 6.45) is -3.41. The minimum Gasteiger partial charge on any atom is -0.458 e. The Bertz CT molecular complexity index is 1190. The molecule has 0 aliphatic carbocycles. The normalized spacial score (nSPS) is 18.3. The van der Waals surface area contributed by atoms with Crippen molar-refractivity contribution < 1.29 is 31.9 Å². The van der Waals surface area contributed by atoms with Crippen LogP contribution in [0.3, 0.4) is 0 Å². The highest BCUT2D eigenvalue weighted by atomic mass is 19.4. The standard InChI is InChI=1S/C24H20F3NO4/c25-24(26,27)17-9-11-20-16(13-17)14-22(31-20)21-12-10-18(30-21)7-3-1-5-15-6-2-4-8-19(15)32-23(28)29/h2,4,6,8-9,11,13-14,18,21H,1,5,10,12H2,(H2,28,29)/t18-,21-/m1/s1. The Balaban J connectivity index is 1.36. The summed E-state index contributed by atoms with van der Waals surface area (Å²) in [5.74, 6) is 7.07. The van der Waals surface area contributed by atoms with E-state index in [1.807, 2.05) is 12.1 Å². The summed E-state index contributed by atoms with van der Waals surface area (Å²) < 4.78 is 55.3. The van der Waals surface area contributed by atoms with Crippen molar-refractivity contribution in [3.63, 3.8) is 0 Å². The Labute approximate surface area is 182 Å². The number of aryl methyl sites for hydroxylation is 1. The zero-order chi connectivity index (χ0) is 22.7. The Hall–Kier alpha value is -3.44. The van der Waals surface area contributed by atoms with Crippen molar-refractivity contribution >= 4 is 17.1 Å². The fourth-order valence-corrected chi connectivity index (χ4v) is 3.65. The number of para-hydroxylation sites is 1. The molecule has 5 nitrogen and oxygen atoms in total. The van der Waals surface area contributed by atoms with Crippen LogP contribution < -0.4 is 10.5 Å². The van der Waals surface area contributed by atoms with Gasteiger partial charge in [0.25, 0.3) is 0 Å². The highest BCUT2D eigenvalue weighted by Crippen LogP contribution is 2.37. The molecule has 0 unspecified atom stereocenters. The minimum absolute atomic E-state index is 0.281. The maximum Gasteiger partial charge on any atom is 0.416 e. The monoisotopic (exact) mass is 443 g/mol. The molecule has 0 saturated carbocycles. The van der Waals surface area contributed by atoms with Crippen LogP contribution in [0.2, 0.25) is 0 Å². The van der Waals surface area contributed by atoms with Crippen molar-refractivity contribution in [3.05, 3.63) is 65.4 Å². The molecule has 3 aromatic rings. The second kappa shape index (κ2) is 8.97. The summed E-state index contributed by atoms with van der Waals surface area (Å²) in [5.41, 5.74) is 5.58. The average Bonchev–Trinajstić information content (AvgIpc) is 3.37. The lowest BCUT2D eigenvalue weighted by Gasteiger charge is -2.07. The number of carbonyl (C=O) groups is 1. The second-order valence-electron chi connectivity index (χ2n) is 7.44. The lowest BCUT2D eigenvalue weighted by atomic mass is 10.1. The van der Waals surface area contributed by atoms with E-state index in [2.05, 4.69) is 11.8 Å². The van der Waals surface area contributed by atoms with E-state index >= 15 is 0 Å². The van der Waals surface area contributed by atoms with E-state index < -0.39 is 17.8 Å². The van der Waals surface area contributed by atoms with Crippen molar-refractivity contribution in [2.45, 2.75) is 44.1 Å². The molecule has 0 spiro atoms. The van der Waals surface area contributed by atoms with E-state index in [1.54, 1.807) is 18.2 Å². The molecule has 2 atom stereocenters. The van der Waals surface area contributed by atoms with Gasteiger partial charge in [-0.05, 0) is 55.2 Å². The number of primary amides is 1. The molecule has 0 bridgehead atoms. The van der Waals surface area contributed by atoms with Gasteiger partial charge in [-0.2, -0.15) is 13.2 Å². The summed E-state index contributed by atoms with van der Waals surface area (Å²) in [7, 11) is 0. The van der Waals surface area contributed by atoms with Gasteiger partial charge in [-0.1, -0.05) is 24.1 Å². The van der Waals surface area contributed by atoms with Gasteiger partial charge in [0.05, 0.1) is 5.56 Å². The molecule has 166 valence electrons.